The Morgan fingerprint density at radius 1 is 0.500 bits per heavy atom. The van der Waals surface area contributed by atoms with E-state index in [-0.39, 0.29) is 23.0 Å². The zero-order valence-electron chi connectivity index (χ0n) is 16.6. The first-order chi connectivity index (χ1) is 13.0. The molecule has 28 heavy (non-hydrogen) atoms. The van der Waals surface area contributed by atoms with E-state index >= 15 is 0 Å². The molecule has 0 aromatic heterocycles. The van der Waals surface area contributed by atoms with Gasteiger partial charge in [-0.15, -0.1) is 0 Å². The fraction of sp³-hybridized carbons (Fsp3) is 0.250. The summed E-state index contributed by atoms with van der Waals surface area (Å²) in [5.74, 6) is 0.397. The molecule has 0 saturated heterocycles. The molecule has 0 unspecified atom stereocenters. The Morgan fingerprint density at radius 2 is 0.821 bits per heavy atom. The molecule has 0 aliphatic heterocycles. The van der Waals surface area contributed by atoms with Gasteiger partial charge >= 0.3 is 0 Å². The van der Waals surface area contributed by atoms with Crippen LogP contribution in [0.5, 0.6) is 23.0 Å². The monoisotopic (exact) mass is 378 g/mol. The lowest BCUT2D eigenvalue weighted by molar-refractivity contribution is 0.424. The minimum atomic E-state index is -0.550. The molecule has 4 N–H and O–H groups in total. The molecule has 3 rings (SSSR count). The normalized spacial score (nSPS) is 12.1. The van der Waals surface area contributed by atoms with Gasteiger partial charge in [-0.3, -0.25) is 0 Å². The van der Waals surface area contributed by atoms with E-state index in [1.54, 1.807) is 24.3 Å². The first-order valence-corrected chi connectivity index (χ1v) is 9.19. The Labute approximate surface area is 165 Å². The summed E-state index contributed by atoms with van der Waals surface area (Å²) in [7, 11) is 0. The van der Waals surface area contributed by atoms with E-state index in [0.717, 1.165) is 11.1 Å². The maximum atomic E-state index is 10.6. The van der Waals surface area contributed by atoms with E-state index in [9.17, 15) is 20.4 Å². The second-order valence-electron chi connectivity index (χ2n) is 8.23. The van der Waals surface area contributed by atoms with E-state index in [1.807, 2.05) is 58.0 Å². The summed E-state index contributed by atoms with van der Waals surface area (Å²) in [6.07, 6.45) is 0. The molecule has 0 fully saturated rings. The van der Waals surface area contributed by atoms with Gasteiger partial charge in [-0.25, -0.2) is 0 Å². The molecule has 0 atom stereocenters. The van der Waals surface area contributed by atoms with Crippen molar-refractivity contribution in [2.24, 2.45) is 0 Å². The molecule has 0 aliphatic rings. The van der Waals surface area contributed by atoms with Gasteiger partial charge in [0.2, 0.25) is 0 Å². The van der Waals surface area contributed by atoms with Gasteiger partial charge in [-0.1, -0.05) is 52.0 Å². The molecule has 0 bridgehead atoms. The molecule has 3 aromatic rings. The van der Waals surface area contributed by atoms with Crippen LogP contribution in [-0.2, 0) is 10.8 Å². The van der Waals surface area contributed by atoms with Crippen molar-refractivity contribution in [3.8, 4) is 23.0 Å². The predicted molar refractivity (Wildman–Crippen MR) is 110 cm³/mol. The van der Waals surface area contributed by atoms with Crippen LogP contribution in [0.1, 0.15) is 49.9 Å². The number of benzene rings is 3. The van der Waals surface area contributed by atoms with Crippen molar-refractivity contribution in [2.75, 3.05) is 0 Å². The third kappa shape index (κ3) is 3.38. The zero-order valence-corrected chi connectivity index (χ0v) is 16.6. The third-order valence-electron chi connectivity index (χ3n) is 5.64. The molecule has 3 aromatic carbocycles. The Balaban J connectivity index is 2.15. The molecule has 0 aliphatic carbocycles. The molecule has 0 saturated carbocycles. The van der Waals surface area contributed by atoms with E-state index < -0.39 is 10.8 Å². The Bertz CT molecular complexity index is 906. The molecule has 146 valence electrons. The van der Waals surface area contributed by atoms with Crippen LogP contribution < -0.4 is 0 Å². The van der Waals surface area contributed by atoms with Gasteiger partial charge in [0.1, 0.15) is 23.0 Å². The van der Waals surface area contributed by atoms with Crippen molar-refractivity contribution < 1.29 is 20.4 Å². The van der Waals surface area contributed by atoms with E-state index in [1.165, 1.54) is 6.07 Å². The van der Waals surface area contributed by atoms with Gasteiger partial charge in [-0.2, -0.15) is 0 Å². The van der Waals surface area contributed by atoms with Crippen molar-refractivity contribution in [3.05, 3.63) is 82.9 Å². The van der Waals surface area contributed by atoms with Crippen molar-refractivity contribution in [3.63, 3.8) is 0 Å². The van der Waals surface area contributed by atoms with Gasteiger partial charge < -0.3 is 20.4 Å². The Kier molecular flexibility index (Phi) is 4.76. The second-order valence-corrected chi connectivity index (χ2v) is 8.23. The summed E-state index contributed by atoms with van der Waals surface area (Å²) in [5.41, 5.74) is 2.12. The van der Waals surface area contributed by atoms with Gasteiger partial charge in [0, 0.05) is 28.0 Å². The summed E-state index contributed by atoms with van der Waals surface area (Å²) in [4.78, 5) is 0. The lowest BCUT2D eigenvalue weighted by Gasteiger charge is -2.32. The fourth-order valence-electron chi connectivity index (χ4n) is 3.65. The van der Waals surface area contributed by atoms with Crippen LogP contribution in [-0.4, -0.2) is 20.4 Å². The number of hydrogen-bond acceptors (Lipinski definition) is 4. The lowest BCUT2D eigenvalue weighted by Crippen LogP contribution is -2.23. The topological polar surface area (TPSA) is 80.9 Å². The van der Waals surface area contributed by atoms with E-state index in [4.69, 9.17) is 0 Å². The highest BCUT2D eigenvalue weighted by atomic mass is 16.3. The van der Waals surface area contributed by atoms with Crippen LogP contribution in [0.25, 0.3) is 0 Å². The van der Waals surface area contributed by atoms with Crippen molar-refractivity contribution >= 4 is 0 Å². The van der Waals surface area contributed by atoms with Gasteiger partial charge in [-0.05, 0) is 41.5 Å². The smallest absolute Gasteiger partial charge is 0.123 e. The molecule has 4 heteroatoms. The minimum absolute atomic E-state index is 0.0147. The highest BCUT2D eigenvalue weighted by Crippen LogP contribution is 2.45. The van der Waals surface area contributed by atoms with Crippen LogP contribution in [0.2, 0.25) is 0 Å². The van der Waals surface area contributed by atoms with Crippen LogP contribution in [0.3, 0.4) is 0 Å². The van der Waals surface area contributed by atoms with Crippen molar-refractivity contribution in [1.82, 2.24) is 0 Å². The molecular weight excluding hydrogens is 352 g/mol. The van der Waals surface area contributed by atoms with E-state index in [0.29, 0.717) is 11.1 Å². The zero-order chi connectivity index (χ0) is 20.7. The van der Waals surface area contributed by atoms with Crippen LogP contribution in [0, 0.1) is 0 Å². The number of phenolic OH excluding ortho intramolecular Hbond substituents is 4. The summed E-state index contributed by atoms with van der Waals surface area (Å²) in [6, 6.07) is 17.0. The third-order valence-corrected chi connectivity index (χ3v) is 5.64. The highest BCUT2D eigenvalue weighted by Gasteiger charge is 2.32. The molecular formula is C24H26O4. The maximum Gasteiger partial charge on any atom is 0.123 e. The minimum Gasteiger partial charge on any atom is -0.508 e. The summed E-state index contributed by atoms with van der Waals surface area (Å²) < 4.78 is 0. The number of rotatable bonds is 4. The predicted octanol–water partition coefficient (Wildman–Crippen LogP) is 5.16. The average Bonchev–Trinajstić information content (AvgIpc) is 2.62. The lowest BCUT2D eigenvalue weighted by atomic mass is 9.72. The standard InChI is InChI=1S/C24H26O4/c1-23(2,15-5-9-17(25)10-6-15)19-13-20(22(28)14-21(19)27)24(3,4)16-7-11-18(26)12-8-16/h5-14,25-28H,1-4H3. The molecule has 4 nitrogen and oxygen atoms in total. The largest absolute Gasteiger partial charge is 0.508 e. The van der Waals surface area contributed by atoms with Gasteiger partial charge in [0.25, 0.3) is 0 Å². The first kappa shape index (κ1) is 19.6. The summed E-state index contributed by atoms with van der Waals surface area (Å²) in [6.45, 7) is 7.96. The SMILES string of the molecule is CC(C)(c1ccc(O)cc1)c1cc(C(C)(C)c2ccc(O)cc2)c(O)cc1O. The fourth-order valence-corrected chi connectivity index (χ4v) is 3.65. The highest BCUT2D eigenvalue weighted by molar-refractivity contribution is 5.56. The summed E-state index contributed by atoms with van der Waals surface area (Å²) in [5, 5.41) is 40.4. The van der Waals surface area contributed by atoms with Crippen LogP contribution in [0.4, 0.5) is 0 Å². The Hall–Kier alpha value is -3.14. The number of hydrogen-bond donors (Lipinski definition) is 4. The maximum absolute atomic E-state index is 10.6. The number of phenols is 4. The van der Waals surface area contributed by atoms with E-state index in [2.05, 4.69) is 0 Å². The molecule has 0 radical (unpaired) electrons. The summed E-state index contributed by atoms with van der Waals surface area (Å²) >= 11 is 0. The van der Waals surface area contributed by atoms with Crippen LogP contribution in [0.15, 0.2) is 60.7 Å². The van der Waals surface area contributed by atoms with Gasteiger partial charge in [0.15, 0.2) is 0 Å². The molecule has 0 amide bonds. The molecule has 0 heterocycles. The first-order valence-electron chi connectivity index (χ1n) is 9.19. The van der Waals surface area contributed by atoms with Crippen LogP contribution >= 0.6 is 0 Å². The van der Waals surface area contributed by atoms with Crippen molar-refractivity contribution in [2.45, 2.75) is 38.5 Å². The quantitative estimate of drug-likeness (QED) is 0.505. The van der Waals surface area contributed by atoms with Gasteiger partial charge in [0.05, 0.1) is 0 Å². The molecule has 0 spiro atoms. The second kappa shape index (κ2) is 6.79. The Morgan fingerprint density at radius 3 is 1.14 bits per heavy atom. The van der Waals surface area contributed by atoms with Crippen molar-refractivity contribution in [1.29, 1.82) is 0 Å². The number of aromatic hydroxyl groups is 4. The average molecular weight is 378 g/mol.